The van der Waals surface area contributed by atoms with Gasteiger partial charge in [-0.25, -0.2) is 0 Å². The van der Waals surface area contributed by atoms with Crippen molar-refractivity contribution in [1.82, 2.24) is 15.5 Å². The quantitative estimate of drug-likeness (QED) is 0.469. The largest absolute Gasteiger partial charge is 0.467 e. The predicted octanol–water partition coefficient (Wildman–Crippen LogP) is 3.16. The average Bonchev–Trinajstić information content (AvgIpc) is 3.69. The third-order valence-corrected chi connectivity index (χ3v) is 6.33. The maximum atomic E-state index is 13.5. The van der Waals surface area contributed by atoms with Crippen LogP contribution < -0.4 is 20.1 Å². The summed E-state index contributed by atoms with van der Waals surface area (Å²) in [5.74, 6) is 0.281. The summed E-state index contributed by atoms with van der Waals surface area (Å²) >= 11 is 0. The molecule has 10 heteroatoms. The first-order valence-electron chi connectivity index (χ1n) is 11.9. The molecule has 10 nitrogen and oxygen atoms in total. The minimum atomic E-state index is -1.03. The van der Waals surface area contributed by atoms with E-state index >= 15 is 0 Å². The molecule has 5 rings (SSSR count). The van der Waals surface area contributed by atoms with E-state index in [1.165, 1.54) is 23.5 Å². The fourth-order valence-corrected chi connectivity index (χ4v) is 4.53. The number of nitrogens with zero attached hydrogens (tertiary/aromatic N) is 1. The van der Waals surface area contributed by atoms with Crippen molar-refractivity contribution in [1.29, 1.82) is 0 Å². The minimum absolute atomic E-state index is 0.0520. The van der Waals surface area contributed by atoms with Gasteiger partial charge in [-0.3, -0.25) is 14.4 Å². The van der Waals surface area contributed by atoms with Crippen LogP contribution in [0, 0.1) is 0 Å². The number of fused-ring (bicyclic) bond motifs is 1. The van der Waals surface area contributed by atoms with Gasteiger partial charge in [0.1, 0.15) is 5.76 Å². The van der Waals surface area contributed by atoms with Gasteiger partial charge < -0.3 is 33.8 Å². The van der Waals surface area contributed by atoms with Crippen molar-refractivity contribution in [2.45, 2.75) is 44.3 Å². The molecule has 188 valence electrons. The fourth-order valence-electron chi connectivity index (χ4n) is 4.53. The molecule has 0 spiro atoms. The molecule has 0 saturated heterocycles. The highest BCUT2D eigenvalue weighted by atomic mass is 16.7. The summed E-state index contributed by atoms with van der Waals surface area (Å²) in [6.07, 6.45) is 6.73. The Morgan fingerprint density at radius 1 is 0.972 bits per heavy atom. The average molecular weight is 494 g/mol. The third kappa shape index (κ3) is 5.22. The SMILES string of the molecule is O=C(NCC(=O)N(Cc1ccc2c(c1)OCO2)C(C(=O)NC1CCCC1)c1ccco1)c1ccco1. The predicted molar refractivity (Wildman–Crippen MR) is 126 cm³/mol. The standard InChI is InChI=1S/C26H27N3O7/c30-23(14-27-25(31)21-8-4-12-34-21)29(15-17-9-10-19-22(13-17)36-16-35-19)24(20-7-3-11-33-20)26(32)28-18-5-1-2-6-18/h3-4,7-13,18,24H,1-2,5-6,14-16H2,(H,27,31)(H,28,32). The Kier molecular flexibility index (Phi) is 6.92. The molecule has 1 aliphatic heterocycles. The van der Waals surface area contributed by atoms with Gasteiger partial charge in [-0.15, -0.1) is 0 Å². The number of carbonyl (C=O) groups excluding carboxylic acids is 3. The van der Waals surface area contributed by atoms with Crippen LogP contribution in [-0.4, -0.2) is 42.0 Å². The van der Waals surface area contributed by atoms with E-state index in [-0.39, 0.29) is 37.6 Å². The van der Waals surface area contributed by atoms with E-state index in [4.69, 9.17) is 18.3 Å². The van der Waals surface area contributed by atoms with Gasteiger partial charge >= 0.3 is 0 Å². The third-order valence-electron chi connectivity index (χ3n) is 6.33. The maximum absolute atomic E-state index is 13.5. The van der Waals surface area contributed by atoms with E-state index in [2.05, 4.69) is 10.6 Å². The topological polar surface area (TPSA) is 123 Å². The number of furan rings is 2. The fraction of sp³-hybridized carbons (Fsp3) is 0.346. The highest BCUT2D eigenvalue weighted by Crippen LogP contribution is 2.34. The van der Waals surface area contributed by atoms with Gasteiger partial charge in [-0.2, -0.15) is 0 Å². The summed E-state index contributed by atoms with van der Waals surface area (Å²) in [5, 5.41) is 5.65. The van der Waals surface area contributed by atoms with Gasteiger partial charge in [-0.05, 0) is 54.8 Å². The molecule has 2 aromatic heterocycles. The molecule has 3 heterocycles. The van der Waals surface area contributed by atoms with E-state index in [9.17, 15) is 14.4 Å². The number of nitrogens with one attached hydrogen (secondary N) is 2. The Morgan fingerprint density at radius 3 is 2.50 bits per heavy atom. The molecule has 1 aliphatic carbocycles. The molecule has 2 N–H and O–H groups in total. The number of hydrogen-bond donors (Lipinski definition) is 2. The van der Waals surface area contributed by atoms with Crippen molar-refractivity contribution in [2.24, 2.45) is 0 Å². The first-order valence-corrected chi connectivity index (χ1v) is 11.9. The molecular formula is C26H27N3O7. The molecule has 1 unspecified atom stereocenters. The molecule has 3 aromatic rings. The lowest BCUT2D eigenvalue weighted by Crippen LogP contribution is -2.48. The van der Waals surface area contributed by atoms with Crippen molar-refractivity contribution in [3.8, 4) is 11.5 Å². The number of rotatable bonds is 9. The Labute approximate surface area is 207 Å². The lowest BCUT2D eigenvalue weighted by atomic mass is 10.1. The molecule has 1 atom stereocenters. The molecular weight excluding hydrogens is 466 g/mol. The Morgan fingerprint density at radius 2 is 1.75 bits per heavy atom. The lowest BCUT2D eigenvalue weighted by molar-refractivity contribution is -0.141. The number of benzene rings is 1. The second-order valence-electron chi connectivity index (χ2n) is 8.78. The van der Waals surface area contributed by atoms with Gasteiger partial charge in [0.05, 0.1) is 19.1 Å². The highest BCUT2D eigenvalue weighted by Gasteiger charge is 2.35. The molecule has 2 aliphatic rings. The van der Waals surface area contributed by atoms with Gasteiger partial charge in [0.2, 0.25) is 12.7 Å². The zero-order chi connectivity index (χ0) is 24.9. The van der Waals surface area contributed by atoms with Crippen molar-refractivity contribution >= 4 is 17.7 Å². The van der Waals surface area contributed by atoms with Crippen molar-refractivity contribution in [3.05, 3.63) is 72.1 Å². The van der Waals surface area contributed by atoms with E-state index in [0.29, 0.717) is 17.3 Å². The molecule has 1 saturated carbocycles. The molecule has 1 fully saturated rings. The van der Waals surface area contributed by atoms with Crippen LogP contribution in [0.5, 0.6) is 11.5 Å². The first-order chi connectivity index (χ1) is 17.6. The summed E-state index contributed by atoms with van der Waals surface area (Å²) in [7, 11) is 0. The van der Waals surface area contributed by atoms with Crippen LogP contribution in [-0.2, 0) is 16.1 Å². The zero-order valence-corrected chi connectivity index (χ0v) is 19.6. The molecule has 3 amide bonds. The van der Waals surface area contributed by atoms with Crippen LogP contribution >= 0.6 is 0 Å². The summed E-state index contributed by atoms with van der Waals surface area (Å²) in [6, 6.07) is 10.8. The van der Waals surface area contributed by atoms with Crippen LogP contribution in [0.2, 0.25) is 0 Å². The molecule has 1 aromatic carbocycles. The van der Waals surface area contributed by atoms with Crippen molar-refractivity contribution < 1.29 is 32.7 Å². The zero-order valence-electron chi connectivity index (χ0n) is 19.6. The normalized spacial score (nSPS) is 15.4. The second kappa shape index (κ2) is 10.6. The van der Waals surface area contributed by atoms with Crippen LogP contribution in [0.15, 0.2) is 63.8 Å². The summed E-state index contributed by atoms with van der Waals surface area (Å²) in [4.78, 5) is 40.9. The van der Waals surface area contributed by atoms with Crippen LogP contribution in [0.3, 0.4) is 0 Å². The smallest absolute Gasteiger partial charge is 0.287 e. The van der Waals surface area contributed by atoms with Gasteiger partial charge in [0, 0.05) is 12.6 Å². The number of hydrogen-bond acceptors (Lipinski definition) is 7. The van der Waals surface area contributed by atoms with E-state index in [1.807, 2.05) is 6.07 Å². The second-order valence-corrected chi connectivity index (χ2v) is 8.78. The Bertz CT molecular complexity index is 1200. The Balaban J connectivity index is 1.41. The monoisotopic (exact) mass is 493 g/mol. The lowest BCUT2D eigenvalue weighted by Gasteiger charge is -2.31. The van der Waals surface area contributed by atoms with E-state index in [0.717, 1.165) is 31.2 Å². The number of amides is 3. The Hall–Kier alpha value is -4.21. The maximum Gasteiger partial charge on any atom is 0.287 e. The summed E-state index contributed by atoms with van der Waals surface area (Å²) < 4.78 is 21.6. The molecule has 36 heavy (non-hydrogen) atoms. The molecule has 0 radical (unpaired) electrons. The van der Waals surface area contributed by atoms with E-state index < -0.39 is 17.9 Å². The minimum Gasteiger partial charge on any atom is -0.467 e. The summed E-state index contributed by atoms with van der Waals surface area (Å²) in [6.45, 7) is -0.132. The van der Waals surface area contributed by atoms with Gasteiger partial charge in [0.25, 0.3) is 11.8 Å². The van der Waals surface area contributed by atoms with Crippen LogP contribution in [0.25, 0.3) is 0 Å². The number of ether oxygens (including phenoxy) is 2. The van der Waals surface area contributed by atoms with E-state index in [1.54, 1.807) is 30.3 Å². The van der Waals surface area contributed by atoms with Gasteiger partial charge in [-0.1, -0.05) is 18.9 Å². The summed E-state index contributed by atoms with van der Waals surface area (Å²) in [5.41, 5.74) is 0.732. The van der Waals surface area contributed by atoms with Crippen molar-refractivity contribution in [3.63, 3.8) is 0 Å². The van der Waals surface area contributed by atoms with Crippen LogP contribution in [0.4, 0.5) is 0 Å². The number of carbonyl (C=O) groups is 3. The van der Waals surface area contributed by atoms with Crippen molar-refractivity contribution in [2.75, 3.05) is 13.3 Å². The van der Waals surface area contributed by atoms with Crippen LogP contribution in [0.1, 0.15) is 53.6 Å². The van der Waals surface area contributed by atoms with Gasteiger partial charge in [0.15, 0.2) is 23.3 Å². The molecule has 0 bridgehead atoms. The highest BCUT2D eigenvalue weighted by molar-refractivity contribution is 5.95. The first kappa shape index (κ1) is 23.5.